The van der Waals surface area contributed by atoms with Crippen molar-refractivity contribution in [3.8, 4) is 0 Å². The van der Waals surface area contributed by atoms with Crippen molar-refractivity contribution in [1.82, 2.24) is 0 Å². The van der Waals surface area contributed by atoms with Crippen LogP contribution in [0.15, 0.2) is 0 Å². The maximum absolute atomic E-state index is 11.3. The van der Waals surface area contributed by atoms with Gasteiger partial charge in [0.2, 0.25) is 0 Å². The van der Waals surface area contributed by atoms with Crippen LogP contribution in [0.25, 0.3) is 0 Å². The Hall–Kier alpha value is -0.610. The number of esters is 1. The molecule has 0 bridgehead atoms. The summed E-state index contributed by atoms with van der Waals surface area (Å²) in [6.07, 6.45) is 1.06. The molecular weight excluding hydrogens is 206 g/mol. The van der Waals surface area contributed by atoms with Gasteiger partial charge < -0.3 is 15.2 Å². The van der Waals surface area contributed by atoms with Gasteiger partial charge in [-0.05, 0) is 41.0 Å². The predicted molar refractivity (Wildman–Crippen MR) is 64.2 cm³/mol. The van der Waals surface area contributed by atoms with Gasteiger partial charge in [0.05, 0.1) is 6.61 Å². The molecule has 0 saturated carbocycles. The molecule has 0 aromatic rings. The van der Waals surface area contributed by atoms with Crippen molar-refractivity contribution in [1.29, 1.82) is 0 Å². The maximum atomic E-state index is 11.3. The zero-order valence-corrected chi connectivity index (χ0v) is 11.1. The Morgan fingerprint density at radius 2 is 1.75 bits per heavy atom. The van der Waals surface area contributed by atoms with E-state index in [1.54, 1.807) is 0 Å². The Morgan fingerprint density at radius 1 is 1.19 bits per heavy atom. The van der Waals surface area contributed by atoms with Gasteiger partial charge >= 0.3 is 5.97 Å². The van der Waals surface area contributed by atoms with Gasteiger partial charge in [-0.3, -0.25) is 4.79 Å². The highest BCUT2D eigenvalue weighted by atomic mass is 16.6. The molecule has 0 aliphatic heterocycles. The minimum Gasteiger partial charge on any atom is -0.460 e. The van der Waals surface area contributed by atoms with Crippen LogP contribution in [-0.2, 0) is 14.3 Å². The van der Waals surface area contributed by atoms with Crippen LogP contribution >= 0.6 is 0 Å². The SMILES string of the molecule is CC(C)(N)COCCCC(=O)OC(C)(C)C. The molecule has 0 aliphatic carbocycles. The van der Waals surface area contributed by atoms with Gasteiger partial charge in [0.25, 0.3) is 0 Å². The largest absolute Gasteiger partial charge is 0.460 e. The molecule has 0 aliphatic rings. The summed E-state index contributed by atoms with van der Waals surface area (Å²) in [7, 11) is 0. The van der Waals surface area contributed by atoms with Gasteiger partial charge in [0.15, 0.2) is 0 Å². The molecule has 0 heterocycles. The van der Waals surface area contributed by atoms with Crippen LogP contribution in [0.3, 0.4) is 0 Å². The Morgan fingerprint density at radius 3 is 2.19 bits per heavy atom. The number of ether oxygens (including phenoxy) is 2. The molecule has 2 N–H and O–H groups in total. The highest BCUT2D eigenvalue weighted by Gasteiger charge is 2.16. The molecule has 0 saturated heterocycles. The molecule has 96 valence electrons. The fourth-order valence-electron chi connectivity index (χ4n) is 1.05. The normalized spacial score (nSPS) is 12.6. The number of carbonyl (C=O) groups is 1. The first-order valence-electron chi connectivity index (χ1n) is 5.69. The van der Waals surface area contributed by atoms with Gasteiger partial charge in [0, 0.05) is 18.6 Å². The molecule has 4 heteroatoms. The number of carbonyl (C=O) groups excluding carboxylic acids is 1. The standard InChI is InChI=1S/C12H25NO3/c1-11(2,3)16-10(14)7-6-8-15-9-12(4,5)13/h6-9,13H2,1-5H3. The summed E-state index contributed by atoms with van der Waals surface area (Å²) in [4.78, 5) is 11.3. The van der Waals surface area contributed by atoms with E-state index in [1.165, 1.54) is 0 Å². The van der Waals surface area contributed by atoms with Crippen LogP contribution in [0.4, 0.5) is 0 Å². The highest BCUT2D eigenvalue weighted by Crippen LogP contribution is 2.09. The average Bonchev–Trinajstić information content (AvgIpc) is 1.97. The van der Waals surface area contributed by atoms with E-state index in [2.05, 4.69) is 0 Å². The Bertz CT molecular complexity index is 213. The average molecular weight is 231 g/mol. The first-order chi connectivity index (χ1) is 7.10. The molecule has 16 heavy (non-hydrogen) atoms. The zero-order chi connectivity index (χ0) is 12.8. The number of hydrogen-bond acceptors (Lipinski definition) is 4. The lowest BCUT2D eigenvalue weighted by Crippen LogP contribution is -2.37. The summed E-state index contributed by atoms with van der Waals surface area (Å²) in [5, 5.41) is 0. The van der Waals surface area contributed by atoms with Crippen LogP contribution in [0, 0.1) is 0 Å². The first kappa shape index (κ1) is 15.4. The van der Waals surface area contributed by atoms with E-state index in [0.29, 0.717) is 26.1 Å². The van der Waals surface area contributed by atoms with Crippen molar-refractivity contribution < 1.29 is 14.3 Å². The second-order valence-corrected chi connectivity index (χ2v) is 5.73. The third-order valence-corrected chi connectivity index (χ3v) is 1.56. The minimum atomic E-state index is -0.406. The van der Waals surface area contributed by atoms with Crippen molar-refractivity contribution >= 4 is 5.97 Å². The van der Waals surface area contributed by atoms with Gasteiger partial charge in [-0.15, -0.1) is 0 Å². The topological polar surface area (TPSA) is 61.5 Å². The van der Waals surface area contributed by atoms with Crippen molar-refractivity contribution in [2.24, 2.45) is 5.73 Å². The van der Waals surface area contributed by atoms with E-state index in [9.17, 15) is 4.79 Å². The van der Waals surface area contributed by atoms with Gasteiger partial charge in [-0.1, -0.05) is 0 Å². The molecule has 0 rings (SSSR count). The third kappa shape index (κ3) is 11.5. The monoisotopic (exact) mass is 231 g/mol. The first-order valence-corrected chi connectivity index (χ1v) is 5.69. The molecule has 0 unspecified atom stereocenters. The highest BCUT2D eigenvalue weighted by molar-refractivity contribution is 5.69. The van der Waals surface area contributed by atoms with Crippen LogP contribution in [0.2, 0.25) is 0 Å². The molecule has 4 nitrogen and oxygen atoms in total. The van der Waals surface area contributed by atoms with E-state index in [0.717, 1.165) is 0 Å². The summed E-state index contributed by atoms with van der Waals surface area (Å²) in [5.74, 6) is -0.178. The van der Waals surface area contributed by atoms with Gasteiger partial charge in [-0.25, -0.2) is 0 Å². The fourth-order valence-corrected chi connectivity index (χ4v) is 1.05. The lowest BCUT2D eigenvalue weighted by Gasteiger charge is -2.20. The number of hydrogen-bond donors (Lipinski definition) is 1. The summed E-state index contributed by atoms with van der Waals surface area (Å²) >= 11 is 0. The summed E-state index contributed by atoms with van der Waals surface area (Å²) < 4.78 is 10.5. The molecule has 0 aromatic heterocycles. The van der Waals surface area contributed by atoms with Crippen molar-refractivity contribution in [2.75, 3.05) is 13.2 Å². The van der Waals surface area contributed by atoms with E-state index in [1.807, 2.05) is 34.6 Å². The van der Waals surface area contributed by atoms with E-state index >= 15 is 0 Å². The van der Waals surface area contributed by atoms with E-state index in [-0.39, 0.29) is 11.5 Å². The number of rotatable bonds is 6. The van der Waals surface area contributed by atoms with Crippen molar-refractivity contribution in [3.63, 3.8) is 0 Å². The molecular formula is C12H25NO3. The van der Waals surface area contributed by atoms with Crippen molar-refractivity contribution in [3.05, 3.63) is 0 Å². The van der Waals surface area contributed by atoms with Crippen LogP contribution in [-0.4, -0.2) is 30.3 Å². The fraction of sp³-hybridized carbons (Fsp3) is 0.917. The smallest absolute Gasteiger partial charge is 0.306 e. The lowest BCUT2D eigenvalue weighted by atomic mass is 10.1. The minimum absolute atomic E-state index is 0.178. The Balaban J connectivity index is 3.50. The summed E-state index contributed by atoms with van der Waals surface area (Å²) in [6, 6.07) is 0. The van der Waals surface area contributed by atoms with Crippen molar-refractivity contribution in [2.45, 2.75) is 58.6 Å². The Labute approximate surface area is 98.5 Å². The van der Waals surface area contributed by atoms with Crippen LogP contribution in [0.1, 0.15) is 47.5 Å². The molecule has 0 aromatic carbocycles. The van der Waals surface area contributed by atoms with Gasteiger partial charge in [-0.2, -0.15) is 0 Å². The second kappa shape index (κ2) is 6.21. The molecule has 0 radical (unpaired) electrons. The number of nitrogens with two attached hydrogens (primary N) is 1. The molecule has 0 atom stereocenters. The quantitative estimate of drug-likeness (QED) is 0.560. The Kier molecular flexibility index (Phi) is 5.97. The maximum Gasteiger partial charge on any atom is 0.306 e. The summed E-state index contributed by atoms with van der Waals surface area (Å²) in [5.41, 5.74) is 5.02. The molecule has 0 fully saturated rings. The van der Waals surface area contributed by atoms with Crippen LogP contribution in [0.5, 0.6) is 0 Å². The third-order valence-electron chi connectivity index (χ3n) is 1.56. The second-order valence-electron chi connectivity index (χ2n) is 5.73. The summed E-state index contributed by atoms with van der Waals surface area (Å²) in [6.45, 7) is 10.4. The lowest BCUT2D eigenvalue weighted by molar-refractivity contribution is -0.155. The van der Waals surface area contributed by atoms with Crippen LogP contribution < -0.4 is 5.73 Å². The zero-order valence-electron chi connectivity index (χ0n) is 11.1. The van der Waals surface area contributed by atoms with E-state index in [4.69, 9.17) is 15.2 Å². The molecule has 0 spiro atoms. The van der Waals surface area contributed by atoms with Gasteiger partial charge in [0.1, 0.15) is 5.60 Å². The predicted octanol–water partition coefficient (Wildman–Crippen LogP) is 1.86. The van der Waals surface area contributed by atoms with E-state index < -0.39 is 5.60 Å². The molecule has 0 amide bonds.